The van der Waals surface area contributed by atoms with Gasteiger partial charge in [-0.25, -0.2) is 0 Å². The Balaban J connectivity index is 1.56. The molecule has 158 valence electrons. The van der Waals surface area contributed by atoms with Crippen molar-refractivity contribution in [1.82, 2.24) is 4.90 Å². The van der Waals surface area contributed by atoms with Gasteiger partial charge in [-0.05, 0) is 100 Å². The zero-order valence-corrected chi connectivity index (χ0v) is 19.0. The molecule has 0 spiro atoms. The van der Waals surface area contributed by atoms with E-state index >= 15 is 0 Å². The average molecular weight is 388 g/mol. The van der Waals surface area contributed by atoms with Crippen LogP contribution in [0.1, 0.15) is 79.1 Å². The molecule has 0 bridgehead atoms. The molecule has 0 aromatic carbocycles. The van der Waals surface area contributed by atoms with Gasteiger partial charge in [0.2, 0.25) is 0 Å². The van der Waals surface area contributed by atoms with Gasteiger partial charge < -0.3 is 9.64 Å². The Hall–Kier alpha value is -0.830. The van der Waals surface area contributed by atoms with Gasteiger partial charge in [-0.3, -0.25) is 4.79 Å². The number of nitrogens with zero attached hydrogens (tertiary/aromatic N) is 1. The molecule has 4 aliphatic rings. The minimum atomic E-state index is -0.122. The Labute approximate surface area is 172 Å². The molecule has 0 aliphatic heterocycles. The first-order valence-electron chi connectivity index (χ1n) is 11.7. The lowest BCUT2D eigenvalue weighted by molar-refractivity contribution is -0.148. The zero-order valence-electron chi connectivity index (χ0n) is 19.0. The van der Waals surface area contributed by atoms with Crippen molar-refractivity contribution in [3.05, 3.63) is 11.6 Å². The van der Waals surface area contributed by atoms with Gasteiger partial charge in [0.25, 0.3) is 0 Å². The van der Waals surface area contributed by atoms with Crippen LogP contribution in [0.3, 0.4) is 0 Å². The molecule has 28 heavy (non-hydrogen) atoms. The van der Waals surface area contributed by atoms with E-state index in [9.17, 15) is 4.79 Å². The number of rotatable bonds is 3. The molecule has 0 aromatic rings. The summed E-state index contributed by atoms with van der Waals surface area (Å²) in [6.45, 7) is 9.16. The summed E-state index contributed by atoms with van der Waals surface area (Å²) >= 11 is 0. The summed E-state index contributed by atoms with van der Waals surface area (Å²) in [7, 11) is 4.51. The summed E-state index contributed by atoms with van der Waals surface area (Å²) in [4.78, 5) is 13.9. The topological polar surface area (TPSA) is 29.5 Å². The van der Waals surface area contributed by atoms with E-state index in [1.807, 2.05) is 0 Å². The molecule has 0 amide bonds. The standard InChI is InChI=1S/C25H41NO2/c1-16(26(5)6)21-9-10-22-20-8-7-18-15-19(28-17(2)27)11-13-24(18,3)23(20)12-14-25(21,22)4/h7,16,19-23H,8-15H2,1-6H3. The molecule has 3 saturated carbocycles. The van der Waals surface area contributed by atoms with Crippen LogP contribution in [0.15, 0.2) is 11.6 Å². The van der Waals surface area contributed by atoms with Crippen LogP contribution in [0, 0.1) is 34.5 Å². The summed E-state index contributed by atoms with van der Waals surface area (Å²) in [6.07, 6.45) is 12.8. The predicted octanol–water partition coefficient (Wildman–Crippen LogP) is 5.45. The third-order valence-corrected chi connectivity index (χ3v) is 9.86. The molecule has 4 aliphatic carbocycles. The SMILES string of the molecule is CC(=O)OC1CCC2(C)C(=CCC3C2CCC2(C)C3CCC2C(C)N(C)C)C1. The molecule has 8 atom stereocenters. The van der Waals surface area contributed by atoms with Crippen LogP contribution in [0.25, 0.3) is 0 Å². The second-order valence-electron chi connectivity index (χ2n) is 11.2. The Morgan fingerprint density at radius 1 is 1.14 bits per heavy atom. The number of carbonyl (C=O) groups is 1. The molecule has 3 heteroatoms. The number of hydrogen-bond donors (Lipinski definition) is 0. The number of allylic oxidation sites excluding steroid dienone is 1. The van der Waals surface area contributed by atoms with Gasteiger partial charge in [0.1, 0.15) is 6.10 Å². The van der Waals surface area contributed by atoms with Gasteiger partial charge in [0, 0.05) is 19.4 Å². The maximum absolute atomic E-state index is 11.4. The van der Waals surface area contributed by atoms with Crippen LogP contribution in [-0.2, 0) is 9.53 Å². The van der Waals surface area contributed by atoms with Crippen molar-refractivity contribution in [1.29, 1.82) is 0 Å². The first-order chi connectivity index (χ1) is 13.2. The lowest BCUT2D eigenvalue weighted by Crippen LogP contribution is -2.52. The Bertz CT molecular complexity index is 655. The van der Waals surface area contributed by atoms with Crippen LogP contribution in [0.5, 0.6) is 0 Å². The highest BCUT2D eigenvalue weighted by molar-refractivity contribution is 5.66. The zero-order chi connectivity index (χ0) is 20.3. The number of carbonyl (C=O) groups excluding carboxylic acids is 1. The van der Waals surface area contributed by atoms with Crippen molar-refractivity contribution in [2.45, 2.75) is 91.2 Å². The molecule has 0 heterocycles. The van der Waals surface area contributed by atoms with E-state index in [0.717, 1.165) is 36.5 Å². The van der Waals surface area contributed by atoms with Crippen molar-refractivity contribution >= 4 is 5.97 Å². The predicted molar refractivity (Wildman–Crippen MR) is 114 cm³/mol. The maximum Gasteiger partial charge on any atom is 0.302 e. The highest BCUT2D eigenvalue weighted by Gasteiger charge is 2.59. The first kappa shape index (κ1) is 20.4. The molecule has 3 fully saturated rings. The minimum absolute atomic E-state index is 0.110. The average Bonchev–Trinajstić information content (AvgIpc) is 2.98. The van der Waals surface area contributed by atoms with E-state index in [1.165, 1.54) is 38.5 Å². The summed E-state index contributed by atoms with van der Waals surface area (Å²) < 4.78 is 5.58. The van der Waals surface area contributed by atoms with E-state index in [-0.39, 0.29) is 12.1 Å². The van der Waals surface area contributed by atoms with Crippen molar-refractivity contribution < 1.29 is 9.53 Å². The third kappa shape index (κ3) is 3.07. The lowest BCUT2D eigenvalue weighted by Gasteiger charge is -2.58. The lowest BCUT2D eigenvalue weighted by atomic mass is 9.47. The molecule has 0 N–H and O–H groups in total. The maximum atomic E-state index is 11.4. The van der Waals surface area contributed by atoms with Gasteiger partial charge >= 0.3 is 5.97 Å². The summed E-state index contributed by atoms with van der Waals surface area (Å²) in [6, 6.07) is 0.677. The Morgan fingerprint density at radius 2 is 1.89 bits per heavy atom. The number of ether oxygens (including phenoxy) is 1. The molecular weight excluding hydrogens is 346 g/mol. The fourth-order valence-electron chi connectivity index (χ4n) is 8.16. The summed E-state index contributed by atoms with van der Waals surface area (Å²) in [5.41, 5.74) is 2.46. The van der Waals surface area contributed by atoms with Crippen LogP contribution in [-0.4, -0.2) is 37.1 Å². The highest BCUT2D eigenvalue weighted by Crippen LogP contribution is 2.66. The minimum Gasteiger partial charge on any atom is -0.462 e. The van der Waals surface area contributed by atoms with Gasteiger partial charge in [0.15, 0.2) is 0 Å². The van der Waals surface area contributed by atoms with Crippen LogP contribution in [0.2, 0.25) is 0 Å². The van der Waals surface area contributed by atoms with Crippen molar-refractivity contribution in [2.75, 3.05) is 14.1 Å². The first-order valence-corrected chi connectivity index (χ1v) is 11.7. The van der Waals surface area contributed by atoms with E-state index in [1.54, 1.807) is 12.5 Å². The quantitative estimate of drug-likeness (QED) is 0.476. The van der Waals surface area contributed by atoms with E-state index in [4.69, 9.17) is 4.74 Å². The van der Waals surface area contributed by atoms with Crippen molar-refractivity contribution in [3.8, 4) is 0 Å². The monoisotopic (exact) mass is 387 g/mol. The second-order valence-corrected chi connectivity index (χ2v) is 11.2. The van der Waals surface area contributed by atoms with Gasteiger partial charge in [-0.2, -0.15) is 0 Å². The third-order valence-electron chi connectivity index (χ3n) is 9.86. The Kier molecular flexibility index (Phi) is 5.22. The summed E-state index contributed by atoms with van der Waals surface area (Å²) in [5, 5.41) is 0. The molecular formula is C25H41NO2. The highest BCUT2D eigenvalue weighted by atomic mass is 16.5. The van der Waals surface area contributed by atoms with E-state index in [2.05, 4.69) is 45.8 Å². The van der Waals surface area contributed by atoms with Crippen LogP contribution < -0.4 is 0 Å². The van der Waals surface area contributed by atoms with Crippen LogP contribution in [0.4, 0.5) is 0 Å². The number of fused-ring (bicyclic) bond motifs is 5. The van der Waals surface area contributed by atoms with Crippen molar-refractivity contribution in [2.24, 2.45) is 34.5 Å². The molecule has 3 nitrogen and oxygen atoms in total. The summed E-state index contributed by atoms with van der Waals surface area (Å²) in [5.74, 6) is 3.29. The largest absolute Gasteiger partial charge is 0.462 e. The second kappa shape index (κ2) is 7.15. The van der Waals surface area contributed by atoms with Crippen molar-refractivity contribution in [3.63, 3.8) is 0 Å². The van der Waals surface area contributed by atoms with Gasteiger partial charge in [0.05, 0.1) is 0 Å². The van der Waals surface area contributed by atoms with Gasteiger partial charge in [-0.15, -0.1) is 0 Å². The fraction of sp³-hybridized carbons (Fsp3) is 0.880. The van der Waals surface area contributed by atoms with E-state index in [0.29, 0.717) is 16.9 Å². The smallest absolute Gasteiger partial charge is 0.302 e. The normalized spacial score (nSPS) is 46.2. The Morgan fingerprint density at radius 3 is 2.57 bits per heavy atom. The fourth-order valence-corrected chi connectivity index (χ4v) is 8.16. The van der Waals surface area contributed by atoms with Crippen LogP contribution >= 0.6 is 0 Å². The molecule has 0 radical (unpaired) electrons. The number of esters is 1. The van der Waals surface area contributed by atoms with Gasteiger partial charge in [-0.1, -0.05) is 25.5 Å². The number of hydrogen-bond acceptors (Lipinski definition) is 3. The molecule has 0 aromatic heterocycles. The molecule has 8 unspecified atom stereocenters. The van der Waals surface area contributed by atoms with E-state index < -0.39 is 0 Å². The molecule has 0 saturated heterocycles. The molecule has 4 rings (SSSR count).